The highest BCUT2D eigenvalue weighted by atomic mass is 127. The second-order valence-corrected chi connectivity index (χ2v) is 5.70. The van der Waals surface area contributed by atoms with Crippen molar-refractivity contribution in [2.45, 2.75) is 46.3 Å². The van der Waals surface area contributed by atoms with Crippen molar-refractivity contribution in [2.24, 2.45) is 4.99 Å². The maximum atomic E-state index is 4.69. The van der Waals surface area contributed by atoms with E-state index in [9.17, 15) is 0 Å². The summed E-state index contributed by atoms with van der Waals surface area (Å²) in [5, 5.41) is 6.71. The molecule has 1 aromatic carbocycles. The van der Waals surface area contributed by atoms with Gasteiger partial charge in [0.15, 0.2) is 5.96 Å². The van der Waals surface area contributed by atoms with Crippen LogP contribution in [0, 0.1) is 0 Å². The topological polar surface area (TPSA) is 54.2 Å². The Kier molecular flexibility index (Phi) is 9.44. The number of aliphatic imine (C=N–C) groups is 1. The molecule has 0 bridgehead atoms. The Morgan fingerprint density at radius 2 is 2.08 bits per heavy atom. The highest BCUT2D eigenvalue weighted by Crippen LogP contribution is 2.08. The van der Waals surface area contributed by atoms with E-state index in [1.165, 1.54) is 11.1 Å². The summed E-state index contributed by atoms with van der Waals surface area (Å²) in [6.45, 7) is 8.79. The smallest absolute Gasteiger partial charge is 0.191 e. The number of imidazole rings is 1. The first kappa shape index (κ1) is 20.5. The molecule has 0 aliphatic heterocycles. The first-order valence-electron chi connectivity index (χ1n) is 8.29. The molecule has 2 rings (SSSR count). The minimum Gasteiger partial charge on any atom is -0.357 e. The molecule has 0 radical (unpaired) electrons. The third-order valence-electron chi connectivity index (χ3n) is 3.68. The molecular formula is C18H28IN5. The summed E-state index contributed by atoms with van der Waals surface area (Å²) in [6, 6.07) is 8.96. The molecule has 1 aromatic heterocycles. The number of rotatable bonds is 7. The predicted molar refractivity (Wildman–Crippen MR) is 111 cm³/mol. The molecule has 0 spiro atoms. The van der Waals surface area contributed by atoms with E-state index in [0.717, 1.165) is 25.5 Å². The lowest BCUT2D eigenvalue weighted by Crippen LogP contribution is -2.41. The summed E-state index contributed by atoms with van der Waals surface area (Å²) in [5.74, 6) is 0.877. The number of halogens is 1. The van der Waals surface area contributed by atoms with Crippen LogP contribution in [0.2, 0.25) is 0 Å². The Labute approximate surface area is 162 Å². The van der Waals surface area contributed by atoms with Crippen molar-refractivity contribution in [3.8, 4) is 0 Å². The molecule has 0 fully saturated rings. The number of hydrogen-bond donors (Lipinski definition) is 2. The molecule has 2 N–H and O–H groups in total. The molecule has 0 aliphatic rings. The lowest BCUT2D eigenvalue weighted by Gasteiger charge is -2.16. The van der Waals surface area contributed by atoms with E-state index in [0.29, 0.717) is 12.6 Å². The number of hydrogen-bond acceptors (Lipinski definition) is 2. The van der Waals surface area contributed by atoms with Gasteiger partial charge in [-0.3, -0.25) is 0 Å². The maximum Gasteiger partial charge on any atom is 0.191 e. The Morgan fingerprint density at radius 1 is 1.29 bits per heavy atom. The molecule has 2 aromatic rings. The van der Waals surface area contributed by atoms with Gasteiger partial charge < -0.3 is 15.2 Å². The van der Waals surface area contributed by atoms with E-state index >= 15 is 0 Å². The summed E-state index contributed by atoms with van der Waals surface area (Å²) in [7, 11) is 0. The van der Waals surface area contributed by atoms with Crippen LogP contribution in [-0.4, -0.2) is 28.1 Å². The van der Waals surface area contributed by atoms with E-state index < -0.39 is 0 Å². The van der Waals surface area contributed by atoms with Crippen LogP contribution in [-0.2, 0) is 13.1 Å². The largest absolute Gasteiger partial charge is 0.357 e. The molecule has 24 heavy (non-hydrogen) atoms. The quantitative estimate of drug-likeness (QED) is 0.394. The van der Waals surface area contributed by atoms with Gasteiger partial charge in [0.05, 0.1) is 12.9 Å². The summed E-state index contributed by atoms with van der Waals surface area (Å²) >= 11 is 0. The lowest BCUT2D eigenvalue weighted by atomic mass is 10.1. The minimum atomic E-state index is 0. The molecule has 132 valence electrons. The van der Waals surface area contributed by atoms with Crippen molar-refractivity contribution in [1.82, 2.24) is 20.2 Å². The van der Waals surface area contributed by atoms with Crippen molar-refractivity contribution in [2.75, 3.05) is 6.54 Å². The molecule has 0 aliphatic carbocycles. The standard InChI is InChI=1S/C18H27N5.HI/c1-4-15(3)22-18(20-5-2)21-12-16-7-6-8-17(11-16)13-23-10-9-19-14-23;/h6-11,14-15H,4-5,12-13H2,1-3H3,(H2,20,21,22);1H. The van der Waals surface area contributed by atoms with Gasteiger partial charge in [0.2, 0.25) is 0 Å². The van der Waals surface area contributed by atoms with E-state index in [2.05, 4.69) is 70.2 Å². The second-order valence-electron chi connectivity index (χ2n) is 5.70. The molecule has 0 saturated carbocycles. The van der Waals surface area contributed by atoms with Gasteiger partial charge in [-0.2, -0.15) is 0 Å². The Bertz CT molecular complexity index is 610. The third-order valence-corrected chi connectivity index (χ3v) is 3.68. The highest BCUT2D eigenvalue weighted by molar-refractivity contribution is 14.0. The third kappa shape index (κ3) is 6.90. The monoisotopic (exact) mass is 441 g/mol. The minimum absolute atomic E-state index is 0. The molecule has 1 unspecified atom stereocenters. The van der Waals surface area contributed by atoms with E-state index in [4.69, 9.17) is 0 Å². The van der Waals surface area contributed by atoms with Gasteiger partial charge in [-0.1, -0.05) is 31.2 Å². The lowest BCUT2D eigenvalue weighted by molar-refractivity contribution is 0.624. The normalized spacial score (nSPS) is 12.4. The van der Waals surface area contributed by atoms with Gasteiger partial charge >= 0.3 is 0 Å². The first-order chi connectivity index (χ1) is 11.2. The van der Waals surface area contributed by atoms with Gasteiger partial charge in [-0.25, -0.2) is 9.98 Å². The molecule has 0 amide bonds. The van der Waals surface area contributed by atoms with Crippen molar-refractivity contribution in [3.63, 3.8) is 0 Å². The van der Waals surface area contributed by atoms with E-state index in [1.807, 2.05) is 12.5 Å². The van der Waals surface area contributed by atoms with Crippen molar-refractivity contribution < 1.29 is 0 Å². The van der Waals surface area contributed by atoms with Crippen molar-refractivity contribution >= 4 is 29.9 Å². The fraction of sp³-hybridized carbons (Fsp3) is 0.444. The van der Waals surface area contributed by atoms with Gasteiger partial charge in [0.1, 0.15) is 0 Å². The van der Waals surface area contributed by atoms with Gasteiger partial charge in [0.25, 0.3) is 0 Å². The van der Waals surface area contributed by atoms with Gasteiger partial charge in [-0.15, -0.1) is 24.0 Å². The van der Waals surface area contributed by atoms with Gasteiger partial charge in [-0.05, 0) is 31.4 Å². The zero-order valence-corrected chi connectivity index (χ0v) is 17.0. The van der Waals surface area contributed by atoms with Crippen LogP contribution in [0.5, 0.6) is 0 Å². The van der Waals surface area contributed by atoms with Gasteiger partial charge in [0, 0.05) is 31.5 Å². The van der Waals surface area contributed by atoms with Crippen LogP contribution in [0.3, 0.4) is 0 Å². The summed E-state index contributed by atoms with van der Waals surface area (Å²) in [6.07, 6.45) is 6.69. The van der Waals surface area contributed by atoms with Crippen molar-refractivity contribution in [1.29, 1.82) is 0 Å². The van der Waals surface area contributed by atoms with Crippen LogP contribution in [0.25, 0.3) is 0 Å². The van der Waals surface area contributed by atoms with Crippen LogP contribution < -0.4 is 10.6 Å². The molecule has 6 heteroatoms. The zero-order valence-electron chi connectivity index (χ0n) is 14.7. The first-order valence-corrected chi connectivity index (χ1v) is 8.29. The summed E-state index contributed by atoms with van der Waals surface area (Å²) in [4.78, 5) is 8.77. The number of nitrogens with one attached hydrogen (secondary N) is 2. The molecule has 5 nitrogen and oxygen atoms in total. The maximum absolute atomic E-state index is 4.69. The second kappa shape index (κ2) is 11.1. The zero-order chi connectivity index (χ0) is 16.5. The predicted octanol–water partition coefficient (Wildman–Crippen LogP) is 3.40. The molecule has 1 atom stereocenters. The number of nitrogens with zero attached hydrogens (tertiary/aromatic N) is 3. The average Bonchev–Trinajstić information content (AvgIpc) is 3.06. The molecule has 1 heterocycles. The Morgan fingerprint density at radius 3 is 2.75 bits per heavy atom. The number of aromatic nitrogens is 2. The number of benzene rings is 1. The molecular weight excluding hydrogens is 413 g/mol. The van der Waals surface area contributed by atoms with E-state index in [-0.39, 0.29) is 24.0 Å². The fourth-order valence-electron chi connectivity index (χ4n) is 2.24. The van der Waals surface area contributed by atoms with Crippen molar-refractivity contribution in [3.05, 3.63) is 54.1 Å². The Balaban J connectivity index is 0.00000288. The summed E-state index contributed by atoms with van der Waals surface area (Å²) < 4.78 is 2.07. The van der Waals surface area contributed by atoms with Crippen LogP contribution in [0.15, 0.2) is 48.0 Å². The molecule has 0 saturated heterocycles. The van der Waals surface area contributed by atoms with Crippen LogP contribution in [0.4, 0.5) is 0 Å². The van der Waals surface area contributed by atoms with Crippen LogP contribution in [0.1, 0.15) is 38.3 Å². The average molecular weight is 441 g/mol. The Hall–Kier alpha value is -1.57. The van der Waals surface area contributed by atoms with Crippen LogP contribution >= 0.6 is 24.0 Å². The fourth-order valence-corrected chi connectivity index (χ4v) is 2.24. The van der Waals surface area contributed by atoms with E-state index in [1.54, 1.807) is 6.20 Å². The SMILES string of the molecule is CCNC(=NCc1cccc(Cn2ccnc2)c1)NC(C)CC.I. The summed E-state index contributed by atoms with van der Waals surface area (Å²) in [5.41, 5.74) is 2.47. The highest BCUT2D eigenvalue weighted by Gasteiger charge is 2.03. The number of guanidine groups is 1.